The number of hydrogen-bond acceptors (Lipinski definition) is 4. The van der Waals surface area contributed by atoms with E-state index in [2.05, 4.69) is 0 Å². The topological polar surface area (TPSA) is 52.6 Å². The van der Waals surface area contributed by atoms with Crippen molar-refractivity contribution in [2.75, 3.05) is 0 Å². The van der Waals surface area contributed by atoms with E-state index in [-0.39, 0.29) is 0 Å². The molecular weight excluding hydrogens is 304 g/mol. The summed E-state index contributed by atoms with van der Waals surface area (Å²) in [5.41, 5.74) is 0.950. The third kappa shape index (κ3) is 5.23. The van der Waals surface area contributed by atoms with Crippen LogP contribution in [-0.4, -0.2) is 17.9 Å². The molecule has 0 fully saturated rings. The van der Waals surface area contributed by atoms with Crippen molar-refractivity contribution in [1.82, 2.24) is 0 Å². The molecule has 2 aromatic carbocycles. The first-order valence-electron chi connectivity index (χ1n) is 7.76. The summed E-state index contributed by atoms with van der Waals surface area (Å²) in [7, 11) is 0. The molecule has 1 radical (unpaired) electrons. The fourth-order valence-electron chi connectivity index (χ4n) is 2.11. The Kier molecular flexibility index (Phi) is 5.74. The predicted molar refractivity (Wildman–Crippen MR) is 91.5 cm³/mol. The zero-order valence-corrected chi connectivity index (χ0v) is 14.1. The molecule has 0 amide bonds. The second kappa shape index (κ2) is 7.77. The van der Waals surface area contributed by atoms with Crippen molar-refractivity contribution >= 4 is 12.3 Å². The van der Waals surface area contributed by atoms with Crippen LogP contribution >= 0.6 is 0 Å². The number of benzene rings is 2. The standard InChI is InChI=1S/C20H21O4/c1-20(2,3)24-19(22)18(13-21)16-9-11-17(12-10-16)23-14-15-7-5-4-6-8-15/h4-12,18H,14H2,1-3H3. The molecule has 0 N–H and O–H groups in total. The summed E-state index contributed by atoms with van der Waals surface area (Å²) < 4.78 is 10.9. The van der Waals surface area contributed by atoms with Gasteiger partial charge in [0.1, 0.15) is 23.9 Å². The lowest BCUT2D eigenvalue weighted by atomic mass is 10.0. The van der Waals surface area contributed by atoms with E-state index < -0.39 is 17.5 Å². The van der Waals surface area contributed by atoms with Gasteiger partial charge < -0.3 is 9.47 Å². The second-order valence-electron chi connectivity index (χ2n) is 6.43. The second-order valence-corrected chi connectivity index (χ2v) is 6.43. The molecule has 2 aromatic rings. The fraction of sp³-hybridized carbons (Fsp3) is 0.300. The minimum Gasteiger partial charge on any atom is -0.489 e. The number of hydrogen-bond donors (Lipinski definition) is 0. The van der Waals surface area contributed by atoms with Crippen LogP contribution in [0.1, 0.15) is 37.8 Å². The summed E-state index contributed by atoms with van der Waals surface area (Å²) in [6.45, 7) is 5.73. The van der Waals surface area contributed by atoms with Crippen LogP contribution in [0, 0.1) is 0 Å². The molecule has 4 nitrogen and oxygen atoms in total. The van der Waals surface area contributed by atoms with Crippen LogP contribution in [0.2, 0.25) is 0 Å². The quantitative estimate of drug-likeness (QED) is 0.599. The van der Waals surface area contributed by atoms with E-state index in [9.17, 15) is 9.59 Å². The van der Waals surface area contributed by atoms with Crippen LogP contribution in [0.4, 0.5) is 0 Å². The molecule has 1 unspecified atom stereocenters. The van der Waals surface area contributed by atoms with E-state index in [0.717, 1.165) is 5.56 Å². The van der Waals surface area contributed by atoms with Crippen LogP contribution in [-0.2, 0) is 20.9 Å². The highest BCUT2D eigenvalue weighted by molar-refractivity contribution is 5.94. The largest absolute Gasteiger partial charge is 0.489 e. The van der Waals surface area contributed by atoms with Crippen molar-refractivity contribution in [2.24, 2.45) is 0 Å². The number of ether oxygens (including phenoxy) is 2. The molecule has 0 bridgehead atoms. The Bertz CT molecular complexity index is 669. The normalized spacial score (nSPS) is 12.3. The van der Waals surface area contributed by atoms with E-state index in [1.165, 1.54) is 0 Å². The molecule has 0 saturated carbocycles. The maximum atomic E-state index is 12.1. The van der Waals surface area contributed by atoms with Crippen LogP contribution in [0.3, 0.4) is 0 Å². The van der Waals surface area contributed by atoms with Crippen LogP contribution in [0.5, 0.6) is 5.75 Å². The number of carbonyl (C=O) groups excluding carboxylic acids is 2. The van der Waals surface area contributed by atoms with Crippen molar-refractivity contribution in [3.8, 4) is 5.75 Å². The Hall–Kier alpha value is -2.62. The Balaban J connectivity index is 2.01. The van der Waals surface area contributed by atoms with Crippen LogP contribution in [0.25, 0.3) is 0 Å². The van der Waals surface area contributed by atoms with Crippen molar-refractivity contribution in [3.63, 3.8) is 0 Å². The van der Waals surface area contributed by atoms with Gasteiger partial charge in [-0.2, -0.15) is 0 Å². The lowest BCUT2D eigenvalue weighted by molar-refractivity contribution is -0.154. The molecule has 0 aliphatic rings. The molecule has 0 aliphatic heterocycles. The van der Waals surface area contributed by atoms with Crippen LogP contribution in [0.15, 0.2) is 54.6 Å². The van der Waals surface area contributed by atoms with Gasteiger partial charge in [-0.1, -0.05) is 42.5 Å². The predicted octanol–water partition coefficient (Wildman–Crippen LogP) is 3.80. The molecule has 4 heteroatoms. The van der Waals surface area contributed by atoms with Crippen molar-refractivity contribution in [1.29, 1.82) is 0 Å². The molecular formula is C20H21O4. The fourth-order valence-corrected chi connectivity index (χ4v) is 2.11. The molecule has 2 rings (SSSR count). The van der Waals surface area contributed by atoms with Crippen molar-refractivity contribution < 1.29 is 19.1 Å². The lowest BCUT2D eigenvalue weighted by Crippen LogP contribution is -2.28. The summed E-state index contributed by atoms with van der Waals surface area (Å²) in [5.74, 6) is -0.987. The van der Waals surface area contributed by atoms with Gasteiger partial charge in [-0.15, -0.1) is 0 Å². The van der Waals surface area contributed by atoms with Gasteiger partial charge in [0.05, 0.1) is 0 Å². The average molecular weight is 325 g/mol. The summed E-state index contributed by atoms with van der Waals surface area (Å²) >= 11 is 0. The van der Waals surface area contributed by atoms with Gasteiger partial charge in [0, 0.05) is 0 Å². The van der Waals surface area contributed by atoms with E-state index in [1.807, 2.05) is 30.3 Å². The molecule has 0 aliphatic carbocycles. The Labute approximate surface area is 142 Å². The summed E-state index contributed by atoms with van der Waals surface area (Å²) in [6.07, 6.45) is 1.75. The van der Waals surface area contributed by atoms with Crippen molar-refractivity contribution in [3.05, 3.63) is 65.7 Å². The van der Waals surface area contributed by atoms with E-state index in [1.54, 1.807) is 51.3 Å². The first-order chi connectivity index (χ1) is 11.4. The average Bonchev–Trinajstić information content (AvgIpc) is 2.54. The van der Waals surface area contributed by atoms with Gasteiger partial charge in [0.25, 0.3) is 0 Å². The highest BCUT2D eigenvalue weighted by Crippen LogP contribution is 2.22. The van der Waals surface area contributed by atoms with Gasteiger partial charge >= 0.3 is 5.97 Å². The molecule has 1 atom stereocenters. The smallest absolute Gasteiger partial charge is 0.322 e. The van der Waals surface area contributed by atoms with E-state index in [0.29, 0.717) is 17.9 Å². The summed E-state index contributed by atoms with van der Waals surface area (Å²) in [6, 6.07) is 16.6. The molecule has 0 heterocycles. The third-order valence-electron chi connectivity index (χ3n) is 3.22. The number of rotatable bonds is 6. The Morgan fingerprint density at radius 1 is 1.04 bits per heavy atom. The van der Waals surface area contributed by atoms with E-state index in [4.69, 9.17) is 9.47 Å². The Morgan fingerprint density at radius 2 is 1.67 bits per heavy atom. The molecule has 24 heavy (non-hydrogen) atoms. The minimum absolute atomic E-state index is 0.454. The molecule has 0 saturated heterocycles. The number of esters is 1. The molecule has 125 valence electrons. The zero-order valence-electron chi connectivity index (χ0n) is 14.1. The highest BCUT2D eigenvalue weighted by atomic mass is 16.6. The lowest BCUT2D eigenvalue weighted by Gasteiger charge is -2.21. The first kappa shape index (κ1) is 17.7. The maximum absolute atomic E-state index is 12.1. The summed E-state index contributed by atoms with van der Waals surface area (Å²) in [4.78, 5) is 23.2. The molecule has 0 spiro atoms. The highest BCUT2D eigenvalue weighted by Gasteiger charge is 2.27. The SMILES string of the molecule is CC(C)(C)OC(=O)C([C]=O)c1ccc(OCc2ccccc2)cc1. The van der Waals surface area contributed by atoms with Gasteiger partial charge in [-0.05, 0) is 44.0 Å². The summed E-state index contributed by atoms with van der Waals surface area (Å²) in [5, 5.41) is 0. The Morgan fingerprint density at radius 3 is 2.21 bits per heavy atom. The zero-order chi connectivity index (χ0) is 17.6. The van der Waals surface area contributed by atoms with Gasteiger partial charge in [-0.3, -0.25) is 9.59 Å². The monoisotopic (exact) mass is 325 g/mol. The molecule has 0 aromatic heterocycles. The first-order valence-corrected chi connectivity index (χ1v) is 7.76. The number of carbonyl (C=O) groups is 1. The van der Waals surface area contributed by atoms with Gasteiger partial charge in [0.2, 0.25) is 6.29 Å². The van der Waals surface area contributed by atoms with Gasteiger partial charge in [-0.25, -0.2) is 0 Å². The third-order valence-corrected chi connectivity index (χ3v) is 3.22. The minimum atomic E-state index is -1.05. The van der Waals surface area contributed by atoms with Crippen LogP contribution < -0.4 is 4.74 Å². The van der Waals surface area contributed by atoms with Gasteiger partial charge in [0.15, 0.2) is 0 Å². The maximum Gasteiger partial charge on any atom is 0.322 e. The van der Waals surface area contributed by atoms with Crippen molar-refractivity contribution in [2.45, 2.75) is 38.9 Å². The van der Waals surface area contributed by atoms with E-state index >= 15 is 0 Å².